The molecule has 0 saturated heterocycles. The fourth-order valence-corrected chi connectivity index (χ4v) is 2.75. The van der Waals surface area contributed by atoms with Crippen LogP contribution in [0.15, 0.2) is 48.5 Å². The lowest BCUT2D eigenvalue weighted by Gasteiger charge is -2.20. The van der Waals surface area contributed by atoms with Crippen molar-refractivity contribution in [1.29, 1.82) is 0 Å². The molecule has 0 unspecified atom stereocenters. The third kappa shape index (κ3) is 8.15. The predicted octanol–water partition coefficient (Wildman–Crippen LogP) is 7.66. The van der Waals surface area contributed by atoms with Gasteiger partial charge in [-0.15, -0.1) is 0 Å². The highest BCUT2D eigenvalue weighted by Gasteiger charge is 2.20. The molecule has 0 aliphatic carbocycles. The van der Waals surface area contributed by atoms with Gasteiger partial charge < -0.3 is 27.3 Å². The van der Waals surface area contributed by atoms with Gasteiger partial charge in [-0.3, -0.25) is 0 Å². The lowest BCUT2D eigenvalue weighted by Crippen LogP contribution is -2.04. The quantitative estimate of drug-likeness (QED) is 0.307. The topological polar surface area (TPSA) is 21.3 Å². The van der Waals surface area contributed by atoms with Crippen molar-refractivity contribution < 1.29 is 22.0 Å². The Hall–Kier alpha value is -2.31. The van der Waals surface area contributed by atoms with Crippen LogP contribution in [0.5, 0.6) is 5.75 Å². The fourth-order valence-electron chi connectivity index (χ4n) is 2.75. The van der Waals surface area contributed by atoms with Gasteiger partial charge in [0.25, 0.3) is 0 Å². The first-order valence-corrected chi connectivity index (χ1v) is 9.36. The molecule has 0 atom stereocenters. The van der Waals surface area contributed by atoms with E-state index in [0.29, 0.717) is 18.4 Å². The molecule has 0 bridgehead atoms. The van der Waals surface area contributed by atoms with E-state index < -0.39 is 7.25 Å². The third-order valence-corrected chi connectivity index (χ3v) is 3.93. The fraction of sp³-hybridized carbons (Fsp3) is 0.381. The van der Waals surface area contributed by atoms with E-state index in [9.17, 15) is 17.3 Å². The molecule has 2 rings (SSSR count). The van der Waals surface area contributed by atoms with E-state index in [0.717, 1.165) is 11.4 Å². The van der Waals surface area contributed by atoms with Crippen LogP contribution in [-0.4, -0.2) is 13.9 Å². The molecule has 0 fully saturated rings. The molecule has 2 aromatic carbocycles. The number of rotatable bonds is 6. The zero-order valence-electron chi connectivity index (χ0n) is 17.0. The highest BCUT2D eigenvalue weighted by atomic mass is 19.5. The zero-order valence-corrected chi connectivity index (χ0v) is 17.0. The van der Waals surface area contributed by atoms with Crippen LogP contribution in [0.1, 0.15) is 57.6 Å². The minimum Gasteiger partial charge on any atom is -0.433 e. The molecular weight excluding hydrogens is 369 g/mol. The van der Waals surface area contributed by atoms with Crippen LogP contribution in [0.3, 0.4) is 0 Å². The van der Waals surface area contributed by atoms with Crippen molar-refractivity contribution in [1.82, 2.24) is 0 Å². The summed E-state index contributed by atoms with van der Waals surface area (Å²) in [6.45, 7) is 11.6. The first-order valence-electron chi connectivity index (χ1n) is 9.36. The van der Waals surface area contributed by atoms with Crippen molar-refractivity contribution in [3.63, 3.8) is 0 Å². The molecular formula is C21H28BF4NO. The van der Waals surface area contributed by atoms with Gasteiger partial charge in [0.15, 0.2) is 5.69 Å². The number of anilines is 2. The average molecular weight is 397 g/mol. The molecule has 0 aromatic heterocycles. The van der Waals surface area contributed by atoms with Crippen LogP contribution >= 0.6 is 0 Å². The Labute approximate surface area is 165 Å². The largest absolute Gasteiger partial charge is 0.673 e. The van der Waals surface area contributed by atoms with E-state index in [-0.39, 0.29) is 0 Å². The summed E-state index contributed by atoms with van der Waals surface area (Å²) in [6, 6.07) is 16.7. The van der Waals surface area contributed by atoms with E-state index in [1.807, 2.05) is 31.2 Å². The van der Waals surface area contributed by atoms with Gasteiger partial charge in [0, 0.05) is 23.9 Å². The molecule has 0 radical (unpaired) electrons. The van der Waals surface area contributed by atoms with Gasteiger partial charge in [0.1, 0.15) is 6.61 Å². The van der Waals surface area contributed by atoms with Gasteiger partial charge in [0.05, 0.1) is 12.1 Å². The van der Waals surface area contributed by atoms with E-state index in [1.165, 1.54) is 16.8 Å². The Kier molecular flexibility index (Phi) is 9.22. The Morgan fingerprint density at radius 1 is 0.893 bits per heavy atom. The summed E-state index contributed by atoms with van der Waals surface area (Å²) in [5.41, 5.74) is 4.90. The standard InChI is InChI=1S/C21H28NO.BF4/c1-6-23-20-14-9-7-8-13-19(20)22-21-17(15(2)3)11-10-12-18(21)16(4)5;2-1(3,4)5/h7-16,22H,6H2,1-5H3;/q+1;-1. The molecule has 7 heteroatoms. The summed E-state index contributed by atoms with van der Waals surface area (Å²) in [5.74, 6) is 1.80. The van der Waals surface area contributed by atoms with Crippen molar-refractivity contribution in [3.8, 4) is 5.75 Å². The second-order valence-corrected chi connectivity index (χ2v) is 6.86. The van der Waals surface area contributed by atoms with Gasteiger partial charge in [-0.25, -0.2) is 0 Å². The molecule has 0 amide bonds. The molecule has 0 heterocycles. The Bertz CT molecular complexity index is 722. The minimum atomic E-state index is -6.00. The maximum absolute atomic E-state index is 9.75. The van der Waals surface area contributed by atoms with Gasteiger partial charge in [-0.05, 0) is 29.9 Å². The van der Waals surface area contributed by atoms with E-state index in [1.54, 1.807) is 0 Å². The normalized spacial score (nSPS) is 11.1. The van der Waals surface area contributed by atoms with Crippen molar-refractivity contribution in [2.45, 2.75) is 46.5 Å². The molecule has 2 aromatic rings. The molecule has 0 saturated carbocycles. The summed E-state index contributed by atoms with van der Waals surface area (Å²) in [7, 11) is -6.00. The maximum atomic E-state index is 9.75. The predicted molar refractivity (Wildman–Crippen MR) is 110 cm³/mol. The van der Waals surface area contributed by atoms with Crippen LogP contribution in [0.25, 0.3) is 0 Å². The average Bonchev–Trinajstić information content (AvgIpc) is 2.79. The van der Waals surface area contributed by atoms with Crippen LogP contribution in [0.2, 0.25) is 0 Å². The minimum absolute atomic E-state index is 0.462. The zero-order chi connectivity index (χ0) is 21.3. The Morgan fingerprint density at radius 2 is 1.43 bits per heavy atom. The van der Waals surface area contributed by atoms with E-state index >= 15 is 0 Å². The highest BCUT2D eigenvalue weighted by molar-refractivity contribution is 6.50. The monoisotopic (exact) mass is 397 g/mol. The van der Waals surface area contributed by atoms with Crippen molar-refractivity contribution in [3.05, 3.63) is 59.7 Å². The van der Waals surface area contributed by atoms with E-state index in [4.69, 9.17) is 4.74 Å². The summed E-state index contributed by atoms with van der Waals surface area (Å²) in [4.78, 5) is 0. The second kappa shape index (κ2) is 10.9. The summed E-state index contributed by atoms with van der Waals surface area (Å²) in [5, 5.41) is 3.65. The smallest absolute Gasteiger partial charge is 0.433 e. The first kappa shape index (κ1) is 23.7. The summed E-state index contributed by atoms with van der Waals surface area (Å²) < 4.78 is 44.8. The van der Waals surface area contributed by atoms with Crippen LogP contribution in [0, 0.1) is 0 Å². The number of hydrogen-bond acceptors (Lipinski definition) is 2. The summed E-state index contributed by atoms with van der Waals surface area (Å²) in [6.07, 6.45) is 0. The molecule has 0 aliphatic rings. The van der Waals surface area contributed by atoms with Crippen LogP contribution in [-0.2, 0) is 0 Å². The van der Waals surface area contributed by atoms with Crippen molar-refractivity contribution >= 4 is 18.6 Å². The molecule has 0 spiro atoms. The van der Waals surface area contributed by atoms with Crippen LogP contribution < -0.4 is 10.1 Å². The second-order valence-electron chi connectivity index (χ2n) is 6.86. The lowest BCUT2D eigenvalue weighted by molar-refractivity contribution is 0.342. The van der Waals surface area contributed by atoms with Gasteiger partial charge in [0.2, 0.25) is 5.75 Å². The summed E-state index contributed by atoms with van der Waals surface area (Å²) >= 11 is 0. The molecule has 28 heavy (non-hydrogen) atoms. The van der Waals surface area contributed by atoms with Gasteiger partial charge in [-0.1, -0.05) is 45.9 Å². The molecule has 1 N–H and O–H groups in total. The van der Waals surface area contributed by atoms with Crippen molar-refractivity contribution in [2.75, 3.05) is 11.9 Å². The number of para-hydroxylation sites is 1. The number of benzene rings is 1. The van der Waals surface area contributed by atoms with E-state index in [2.05, 4.69) is 57.3 Å². The number of nitrogens with one attached hydrogen (secondary N) is 1. The third-order valence-electron chi connectivity index (χ3n) is 3.93. The van der Waals surface area contributed by atoms with Gasteiger partial charge in [-0.2, -0.15) is 0 Å². The SMILES string of the molecule is CCO[c+]1cccccc1Nc1c(C(C)C)cccc1C(C)C.F[B-](F)(F)F. The molecule has 0 aliphatic heterocycles. The lowest BCUT2D eigenvalue weighted by atomic mass is 9.92. The molecule has 2 nitrogen and oxygen atoms in total. The first-order chi connectivity index (χ1) is 13.0. The van der Waals surface area contributed by atoms with Gasteiger partial charge >= 0.3 is 7.25 Å². The maximum Gasteiger partial charge on any atom is 0.673 e. The van der Waals surface area contributed by atoms with Crippen molar-refractivity contribution in [2.24, 2.45) is 0 Å². The molecule has 154 valence electrons. The highest BCUT2D eigenvalue weighted by Crippen LogP contribution is 2.36. The number of halogens is 4. The Balaban J connectivity index is 0.000000696. The van der Waals surface area contributed by atoms with Crippen LogP contribution in [0.4, 0.5) is 28.6 Å². The Morgan fingerprint density at radius 3 is 1.89 bits per heavy atom. The number of hydrogen-bond donors (Lipinski definition) is 1. The number of ether oxygens (including phenoxy) is 1.